The maximum absolute atomic E-state index is 9.02. The normalized spacial score (nSPS) is 10.3. The van der Waals surface area contributed by atoms with Crippen molar-refractivity contribution < 1.29 is 4.42 Å². The van der Waals surface area contributed by atoms with Crippen molar-refractivity contribution in [2.75, 3.05) is 0 Å². The summed E-state index contributed by atoms with van der Waals surface area (Å²) in [5.41, 5.74) is 1.14. The number of nitriles is 2. The average molecular weight is 328 g/mol. The summed E-state index contributed by atoms with van der Waals surface area (Å²) in [5, 5.41) is 22.0. The molecule has 0 radical (unpaired) electrons. The second-order valence-electron chi connectivity index (χ2n) is 4.03. The van der Waals surface area contributed by atoms with Gasteiger partial charge in [-0.05, 0) is 17.7 Å². The third kappa shape index (κ3) is 2.04. The van der Waals surface area contributed by atoms with Gasteiger partial charge in [0.1, 0.15) is 12.1 Å². The standard InChI is InChI=1S/C13H6BrN5O/c14-9-3-1-8(2-4-9)5-12-18-19-11(7-16)10(6-15)17-13(19)20-12/h1-4H,5H2. The lowest BCUT2D eigenvalue weighted by atomic mass is 10.1. The summed E-state index contributed by atoms with van der Waals surface area (Å²) in [6.45, 7) is 0. The van der Waals surface area contributed by atoms with Crippen LogP contribution in [0.15, 0.2) is 33.2 Å². The third-order valence-corrected chi connectivity index (χ3v) is 3.25. The molecule has 0 amide bonds. The van der Waals surface area contributed by atoms with Gasteiger partial charge in [-0.2, -0.15) is 20.0 Å². The van der Waals surface area contributed by atoms with Crippen LogP contribution in [0.5, 0.6) is 0 Å². The molecule has 0 aliphatic rings. The molecule has 3 rings (SSSR count). The zero-order valence-electron chi connectivity index (χ0n) is 10.0. The highest BCUT2D eigenvalue weighted by Gasteiger charge is 2.17. The summed E-state index contributed by atoms with van der Waals surface area (Å²) in [6, 6.07) is 11.5. The van der Waals surface area contributed by atoms with Crippen LogP contribution >= 0.6 is 15.9 Å². The number of hydrogen-bond acceptors (Lipinski definition) is 5. The van der Waals surface area contributed by atoms with E-state index < -0.39 is 0 Å². The van der Waals surface area contributed by atoms with Crippen molar-refractivity contribution in [3.8, 4) is 12.1 Å². The van der Waals surface area contributed by atoms with Crippen molar-refractivity contribution in [2.24, 2.45) is 0 Å². The Labute approximate surface area is 122 Å². The van der Waals surface area contributed by atoms with E-state index in [1.807, 2.05) is 36.4 Å². The molecule has 20 heavy (non-hydrogen) atoms. The van der Waals surface area contributed by atoms with E-state index in [0.29, 0.717) is 12.3 Å². The molecule has 3 aromatic rings. The van der Waals surface area contributed by atoms with Crippen LogP contribution in [-0.4, -0.2) is 14.6 Å². The van der Waals surface area contributed by atoms with Gasteiger partial charge in [0.15, 0.2) is 11.4 Å². The van der Waals surface area contributed by atoms with Gasteiger partial charge in [0.05, 0.1) is 6.42 Å². The van der Waals surface area contributed by atoms with Crippen LogP contribution in [-0.2, 0) is 6.42 Å². The summed E-state index contributed by atoms with van der Waals surface area (Å²) in [5.74, 6) is 0.598. The first-order valence-corrected chi connectivity index (χ1v) is 6.43. The molecule has 6 nitrogen and oxygen atoms in total. The first-order valence-electron chi connectivity index (χ1n) is 5.64. The van der Waals surface area contributed by atoms with Crippen molar-refractivity contribution in [3.05, 3.63) is 51.6 Å². The molecule has 0 fully saturated rings. The lowest BCUT2D eigenvalue weighted by molar-refractivity contribution is 0.535. The summed E-state index contributed by atoms with van der Waals surface area (Å²) < 4.78 is 7.71. The maximum Gasteiger partial charge on any atom is 0.327 e. The van der Waals surface area contributed by atoms with Gasteiger partial charge >= 0.3 is 5.84 Å². The monoisotopic (exact) mass is 327 g/mol. The Hall–Kier alpha value is -2.64. The average Bonchev–Trinajstić information content (AvgIpc) is 2.97. The minimum absolute atomic E-state index is 0.0222. The Balaban J connectivity index is 1.98. The topological polar surface area (TPSA) is 90.9 Å². The Morgan fingerprint density at radius 2 is 1.95 bits per heavy atom. The summed E-state index contributed by atoms with van der Waals surface area (Å²) in [4.78, 5) is 3.92. The molecule has 0 N–H and O–H groups in total. The number of rotatable bonds is 2. The molecule has 7 heteroatoms. The molecule has 2 aromatic heterocycles. The molecule has 0 spiro atoms. The number of aromatic nitrogens is 3. The molecular formula is C13H6BrN5O. The van der Waals surface area contributed by atoms with E-state index in [9.17, 15) is 0 Å². The van der Waals surface area contributed by atoms with Gasteiger partial charge in [-0.1, -0.05) is 28.1 Å². The van der Waals surface area contributed by atoms with Crippen LogP contribution in [0.1, 0.15) is 22.8 Å². The zero-order valence-corrected chi connectivity index (χ0v) is 11.6. The molecule has 1 aromatic carbocycles. The van der Waals surface area contributed by atoms with Gasteiger partial charge in [-0.3, -0.25) is 0 Å². The fourth-order valence-corrected chi connectivity index (χ4v) is 2.08. The summed E-state index contributed by atoms with van der Waals surface area (Å²) in [6.07, 6.45) is 0.489. The van der Waals surface area contributed by atoms with Crippen LogP contribution in [0.4, 0.5) is 0 Å². The first kappa shape index (κ1) is 12.4. The van der Waals surface area contributed by atoms with Crippen LogP contribution in [0.25, 0.3) is 5.84 Å². The van der Waals surface area contributed by atoms with E-state index in [1.165, 1.54) is 4.52 Å². The summed E-state index contributed by atoms with van der Waals surface area (Å²) in [7, 11) is 0. The van der Waals surface area contributed by atoms with Crippen molar-refractivity contribution in [1.29, 1.82) is 10.5 Å². The van der Waals surface area contributed by atoms with Gasteiger partial charge in [-0.25, -0.2) is 0 Å². The molecule has 0 aliphatic heterocycles. The van der Waals surface area contributed by atoms with E-state index in [-0.39, 0.29) is 17.2 Å². The maximum atomic E-state index is 9.02. The fraction of sp³-hybridized carbons (Fsp3) is 0.0769. The quantitative estimate of drug-likeness (QED) is 0.720. The molecule has 0 atom stereocenters. The lowest BCUT2D eigenvalue weighted by Gasteiger charge is -1.96. The van der Waals surface area contributed by atoms with Gasteiger partial charge in [0.25, 0.3) is 0 Å². The first-order chi connectivity index (χ1) is 9.71. The van der Waals surface area contributed by atoms with E-state index in [4.69, 9.17) is 14.9 Å². The minimum atomic E-state index is 0.0222. The molecular weight excluding hydrogens is 322 g/mol. The second kappa shape index (κ2) is 4.80. The Morgan fingerprint density at radius 1 is 1.20 bits per heavy atom. The molecule has 0 saturated heterocycles. The number of hydrogen-bond donors (Lipinski definition) is 0. The van der Waals surface area contributed by atoms with Crippen molar-refractivity contribution >= 4 is 21.8 Å². The van der Waals surface area contributed by atoms with E-state index >= 15 is 0 Å². The van der Waals surface area contributed by atoms with E-state index in [2.05, 4.69) is 26.0 Å². The Kier molecular flexibility index (Phi) is 2.97. The Bertz CT molecular complexity index is 863. The number of halogens is 1. The number of imidazole rings is 1. The molecule has 0 unspecified atom stereocenters. The molecule has 0 saturated carbocycles. The van der Waals surface area contributed by atoms with Gasteiger partial charge in [0.2, 0.25) is 5.89 Å². The SMILES string of the molecule is N#Cc1nc2oc(Cc3ccc(Br)cc3)nn2c1C#N. The highest BCUT2D eigenvalue weighted by Crippen LogP contribution is 2.16. The van der Waals surface area contributed by atoms with Gasteiger partial charge in [-0.15, -0.1) is 5.10 Å². The van der Waals surface area contributed by atoms with Crippen LogP contribution in [0, 0.1) is 22.7 Å². The Morgan fingerprint density at radius 3 is 2.60 bits per heavy atom. The number of nitrogens with zero attached hydrogens (tertiary/aromatic N) is 5. The number of benzene rings is 1. The molecule has 96 valence electrons. The molecule has 2 heterocycles. The van der Waals surface area contributed by atoms with E-state index in [1.54, 1.807) is 0 Å². The van der Waals surface area contributed by atoms with Crippen LogP contribution < -0.4 is 0 Å². The van der Waals surface area contributed by atoms with Crippen molar-refractivity contribution in [3.63, 3.8) is 0 Å². The van der Waals surface area contributed by atoms with Crippen LogP contribution in [0.2, 0.25) is 0 Å². The highest BCUT2D eigenvalue weighted by molar-refractivity contribution is 9.10. The third-order valence-electron chi connectivity index (χ3n) is 2.73. The van der Waals surface area contributed by atoms with Crippen molar-refractivity contribution in [2.45, 2.75) is 6.42 Å². The molecule has 0 aliphatic carbocycles. The zero-order chi connectivity index (χ0) is 14.1. The largest absolute Gasteiger partial charge is 0.407 e. The van der Waals surface area contributed by atoms with Gasteiger partial charge in [0, 0.05) is 4.47 Å². The van der Waals surface area contributed by atoms with Gasteiger partial charge < -0.3 is 4.42 Å². The van der Waals surface area contributed by atoms with E-state index in [0.717, 1.165) is 10.0 Å². The summed E-state index contributed by atoms with van der Waals surface area (Å²) >= 11 is 3.37. The predicted octanol–water partition coefficient (Wildman–Crippen LogP) is 2.42. The lowest BCUT2D eigenvalue weighted by Crippen LogP contribution is -1.94. The predicted molar refractivity (Wildman–Crippen MR) is 71.6 cm³/mol. The highest BCUT2D eigenvalue weighted by atomic mass is 79.9. The second-order valence-corrected chi connectivity index (χ2v) is 4.94. The molecule has 0 bridgehead atoms. The van der Waals surface area contributed by atoms with Crippen molar-refractivity contribution in [1.82, 2.24) is 14.6 Å². The fourth-order valence-electron chi connectivity index (χ4n) is 1.81. The van der Waals surface area contributed by atoms with Crippen LogP contribution in [0.3, 0.4) is 0 Å². The minimum Gasteiger partial charge on any atom is -0.407 e. The smallest absolute Gasteiger partial charge is 0.327 e. The number of fused-ring (bicyclic) bond motifs is 1.